The Morgan fingerprint density at radius 3 is 2.70 bits per heavy atom. The Hall–Kier alpha value is -2.14. The van der Waals surface area contributed by atoms with Crippen LogP contribution in [-0.2, 0) is 6.42 Å². The van der Waals surface area contributed by atoms with Crippen molar-refractivity contribution in [3.05, 3.63) is 34.9 Å². The largest absolute Gasteiger partial charge is 0.507 e. The molecule has 1 aromatic heterocycles. The van der Waals surface area contributed by atoms with E-state index in [1.54, 1.807) is 0 Å². The summed E-state index contributed by atoms with van der Waals surface area (Å²) < 4.78 is 0. The normalized spacial score (nSPS) is 22.9. The van der Waals surface area contributed by atoms with Gasteiger partial charge in [0.15, 0.2) is 5.82 Å². The fourth-order valence-electron chi connectivity index (χ4n) is 4.84. The van der Waals surface area contributed by atoms with Gasteiger partial charge in [-0.05, 0) is 81.8 Å². The number of phenols is 1. The quantitative estimate of drug-likeness (QED) is 0.903. The minimum Gasteiger partial charge on any atom is -0.507 e. The molecule has 1 aliphatic carbocycles. The van der Waals surface area contributed by atoms with Gasteiger partial charge in [0.05, 0.1) is 5.69 Å². The third kappa shape index (κ3) is 2.98. The van der Waals surface area contributed by atoms with Crippen molar-refractivity contribution < 1.29 is 5.11 Å². The number of fused-ring (bicyclic) bond motifs is 1. The smallest absolute Gasteiger partial charge is 0.155 e. The predicted molar refractivity (Wildman–Crippen MR) is 107 cm³/mol. The van der Waals surface area contributed by atoms with Crippen LogP contribution in [-0.4, -0.2) is 52.9 Å². The number of aromatic hydroxyl groups is 1. The number of rotatable bonds is 3. The van der Waals surface area contributed by atoms with Gasteiger partial charge in [-0.15, -0.1) is 10.2 Å². The number of piperidine rings is 1. The van der Waals surface area contributed by atoms with Crippen LogP contribution in [0.15, 0.2) is 18.2 Å². The molecule has 27 heavy (non-hydrogen) atoms. The minimum atomic E-state index is 0.334. The van der Waals surface area contributed by atoms with E-state index >= 15 is 0 Å². The maximum absolute atomic E-state index is 10.6. The van der Waals surface area contributed by atoms with Crippen molar-refractivity contribution in [1.29, 1.82) is 0 Å². The number of phenolic OH excluding ortho intramolecular Hbond substituents is 1. The molecule has 1 saturated heterocycles. The second-order valence-electron chi connectivity index (χ2n) is 8.53. The maximum atomic E-state index is 10.6. The van der Waals surface area contributed by atoms with Gasteiger partial charge in [-0.2, -0.15) is 0 Å². The number of benzene rings is 1. The molecule has 0 spiro atoms. The first-order chi connectivity index (χ1) is 13.1. The van der Waals surface area contributed by atoms with E-state index in [1.165, 1.54) is 48.9 Å². The molecule has 5 heteroatoms. The molecule has 3 heterocycles. The molecule has 2 aromatic rings. The van der Waals surface area contributed by atoms with Crippen LogP contribution in [0.5, 0.6) is 5.75 Å². The topological polar surface area (TPSA) is 52.5 Å². The van der Waals surface area contributed by atoms with E-state index in [-0.39, 0.29) is 0 Å². The van der Waals surface area contributed by atoms with Crippen LogP contribution < -0.4 is 4.90 Å². The molecule has 2 aliphatic heterocycles. The van der Waals surface area contributed by atoms with Crippen molar-refractivity contribution in [3.8, 4) is 17.0 Å². The van der Waals surface area contributed by atoms with E-state index in [4.69, 9.17) is 0 Å². The summed E-state index contributed by atoms with van der Waals surface area (Å²) in [5, 5.41) is 19.8. The Morgan fingerprint density at radius 2 is 1.96 bits per heavy atom. The van der Waals surface area contributed by atoms with Crippen molar-refractivity contribution in [3.63, 3.8) is 0 Å². The predicted octanol–water partition coefficient (Wildman–Crippen LogP) is 3.49. The fourth-order valence-corrected chi connectivity index (χ4v) is 4.84. The zero-order valence-corrected chi connectivity index (χ0v) is 16.3. The molecule has 5 nitrogen and oxygen atoms in total. The van der Waals surface area contributed by atoms with E-state index in [1.807, 2.05) is 12.1 Å². The number of anilines is 1. The van der Waals surface area contributed by atoms with Crippen LogP contribution in [0, 0.1) is 6.92 Å². The maximum Gasteiger partial charge on any atom is 0.155 e. The number of hydrogen-bond donors (Lipinski definition) is 1. The van der Waals surface area contributed by atoms with Crippen molar-refractivity contribution >= 4 is 5.82 Å². The van der Waals surface area contributed by atoms with Gasteiger partial charge in [0.1, 0.15) is 5.75 Å². The van der Waals surface area contributed by atoms with Crippen LogP contribution >= 0.6 is 0 Å². The standard InChI is InChI=1S/C22H28N4O/c1-14-18-9-11-26(17-4-3-10-25(2)13-17)22(18)24-23-21(14)19-8-7-16(12-20(19)27)15-5-6-15/h7-8,12,15,17,27H,3-6,9-11,13H2,1-2H3/t17-/m1/s1. The van der Waals surface area contributed by atoms with Crippen LogP contribution in [0.1, 0.15) is 48.3 Å². The van der Waals surface area contributed by atoms with Crippen LogP contribution in [0.3, 0.4) is 0 Å². The molecular weight excluding hydrogens is 336 g/mol. The highest BCUT2D eigenvalue weighted by atomic mass is 16.3. The third-order valence-corrected chi connectivity index (χ3v) is 6.56. The van der Waals surface area contributed by atoms with Gasteiger partial charge in [0.25, 0.3) is 0 Å². The van der Waals surface area contributed by atoms with Gasteiger partial charge in [0.2, 0.25) is 0 Å². The molecule has 0 unspecified atom stereocenters. The van der Waals surface area contributed by atoms with Crippen LogP contribution in [0.2, 0.25) is 0 Å². The van der Waals surface area contributed by atoms with E-state index in [9.17, 15) is 5.11 Å². The Bertz CT molecular complexity index is 877. The van der Waals surface area contributed by atoms with Crippen molar-refractivity contribution in [2.45, 2.75) is 51.0 Å². The highest BCUT2D eigenvalue weighted by Crippen LogP contribution is 2.43. The summed E-state index contributed by atoms with van der Waals surface area (Å²) in [7, 11) is 2.21. The summed E-state index contributed by atoms with van der Waals surface area (Å²) in [5.74, 6) is 2.03. The molecule has 5 rings (SSSR count). The first kappa shape index (κ1) is 17.0. The Kier molecular flexibility index (Phi) is 4.08. The summed E-state index contributed by atoms with van der Waals surface area (Å²) >= 11 is 0. The second-order valence-corrected chi connectivity index (χ2v) is 8.53. The summed E-state index contributed by atoms with van der Waals surface area (Å²) in [6.07, 6.45) is 5.98. The van der Waals surface area contributed by atoms with E-state index in [0.29, 0.717) is 17.7 Å². The van der Waals surface area contributed by atoms with Crippen molar-refractivity contribution in [2.24, 2.45) is 0 Å². The van der Waals surface area contributed by atoms with Gasteiger partial charge in [-0.1, -0.05) is 6.07 Å². The number of likely N-dealkylation sites (N-methyl/N-ethyl adjacent to an activating group) is 1. The van der Waals surface area contributed by atoms with Gasteiger partial charge in [-0.3, -0.25) is 0 Å². The van der Waals surface area contributed by atoms with Gasteiger partial charge < -0.3 is 14.9 Å². The number of hydrogen-bond acceptors (Lipinski definition) is 5. The zero-order valence-electron chi connectivity index (χ0n) is 16.3. The zero-order chi connectivity index (χ0) is 18.5. The second kappa shape index (κ2) is 6.48. The third-order valence-electron chi connectivity index (χ3n) is 6.56. The number of aromatic nitrogens is 2. The van der Waals surface area contributed by atoms with Crippen LogP contribution in [0.25, 0.3) is 11.3 Å². The lowest BCUT2D eigenvalue weighted by molar-refractivity contribution is 0.245. The molecule has 2 fully saturated rings. The summed E-state index contributed by atoms with van der Waals surface area (Å²) in [5.41, 5.74) is 5.36. The lowest BCUT2D eigenvalue weighted by Crippen LogP contribution is -2.46. The SMILES string of the molecule is Cc1c(-c2ccc(C3CC3)cc2O)nnc2c1CCN2[C@@H]1CCCN(C)C1. The lowest BCUT2D eigenvalue weighted by Gasteiger charge is -2.36. The highest BCUT2D eigenvalue weighted by Gasteiger charge is 2.32. The average Bonchev–Trinajstić information content (AvgIpc) is 3.41. The Morgan fingerprint density at radius 1 is 1.11 bits per heavy atom. The molecule has 142 valence electrons. The Balaban J connectivity index is 1.47. The molecule has 0 radical (unpaired) electrons. The Labute approximate surface area is 161 Å². The van der Waals surface area contributed by atoms with E-state index in [0.717, 1.165) is 36.6 Å². The first-order valence-corrected chi connectivity index (χ1v) is 10.3. The van der Waals surface area contributed by atoms with E-state index < -0.39 is 0 Å². The van der Waals surface area contributed by atoms with Crippen molar-refractivity contribution in [1.82, 2.24) is 15.1 Å². The minimum absolute atomic E-state index is 0.334. The van der Waals surface area contributed by atoms with Crippen LogP contribution in [0.4, 0.5) is 5.82 Å². The van der Waals surface area contributed by atoms with Gasteiger partial charge in [-0.25, -0.2) is 0 Å². The summed E-state index contributed by atoms with van der Waals surface area (Å²) in [4.78, 5) is 4.88. The molecule has 1 aromatic carbocycles. The number of likely N-dealkylation sites (tertiary alicyclic amines) is 1. The molecular formula is C22H28N4O. The lowest BCUT2D eigenvalue weighted by atomic mass is 9.99. The highest BCUT2D eigenvalue weighted by molar-refractivity contribution is 5.73. The molecule has 0 bridgehead atoms. The number of nitrogens with zero attached hydrogens (tertiary/aromatic N) is 4. The molecule has 3 aliphatic rings. The summed E-state index contributed by atoms with van der Waals surface area (Å²) in [6.45, 7) is 5.45. The molecule has 1 atom stereocenters. The molecule has 1 saturated carbocycles. The molecule has 1 N–H and O–H groups in total. The molecule has 0 amide bonds. The average molecular weight is 364 g/mol. The first-order valence-electron chi connectivity index (χ1n) is 10.3. The fraction of sp³-hybridized carbons (Fsp3) is 0.545. The van der Waals surface area contributed by atoms with Gasteiger partial charge in [0, 0.05) is 30.3 Å². The summed E-state index contributed by atoms with van der Waals surface area (Å²) in [6, 6.07) is 6.63. The monoisotopic (exact) mass is 364 g/mol. The van der Waals surface area contributed by atoms with E-state index in [2.05, 4.69) is 40.0 Å². The van der Waals surface area contributed by atoms with Gasteiger partial charge >= 0.3 is 0 Å². The van der Waals surface area contributed by atoms with Crippen molar-refractivity contribution in [2.75, 3.05) is 31.6 Å².